The van der Waals surface area contributed by atoms with E-state index in [1.165, 1.54) is 0 Å². The van der Waals surface area contributed by atoms with E-state index in [1.807, 2.05) is 38.1 Å². The van der Waals surface area contributed by atoms with Gasteiger partial charge < -0.3 is 20.3 Å². The van der Waals surface area contributed by atoms with Crippen LogP contribution in [0.25, 0.3) is 0 Å². The Morgan fingerprint density at radius 1 is 1.35 bits per heavy atom. The Labute approximate surface area is 141 Å². The zero-order valence-electron chi connectivity index (χ0n) is 14.2. The number of rotatable bonds is 2. The highest BCUT2D eigenvalue weighted by atomic mass is 32.1. The van der Waals surface area contributed by atoms with E-state index < -0.39 is 5.60 Å². The maximum atomic E-state index is 12.0. The molecule has 7 nitrogen and oxygen atoms in total. The van der Waals surface area contributed by atoms with Gasteiger partial charge in [-0.05, 0) is 27.7 Å². The van der Waals surface area contributed by atoms with Crippen LogP contribution in [-0.2, 0) is 11.3 Å². The number of aromatic nitrogens is 1. The fourth-order valence-electron chi connectivity index (χ4n) is 2.18. The number of guanidine groups is 1. The number of carbonyl (C=O) groups excluding carboxylic acids is 1. The SMILES string of the molecule is Cc1ncsc1CN=C(N)N1CCN(C(=O)OC(C)(C)C)CC1. The maximum absolute atomic E-state index is 12.0. The van der Waals surface area contributed by atoms with Crippen molar-refractivity contribution in [1.29, 1.82) is 0 Å². The second-order valence-electron chi connectivity index (χ2n) is 6.49. The van der Waals surface area contributed by atoms with Crippen molar-refractivity contribution in [3.8, 4) is 0 Å². The van der Waals surface area contributed by atoms with E-state index in [4.69, 9.17) is 10.5 Å². The number of carbonyl (C=O) groups is 1. The number of hydrogen-bond donors (Lipinski definition) is 1. The van der Waals surface area contributed by atoms with Crippen molar-refractivity contribution in [2.24, 2.45) is 10.7 Å². The Morgan fingerprint density at radius 3 is 2.48 bits per heavy atom. The molecule has 1 aromatic heterocycles. The summed E-state index contributed by atoms with van der Waals surface area (Å²) in [4.78, 5) is 25.5. The van der Waals surface area contributed by atoms with Crippen molar-refractivity contribution >= 4 is 23.4 Å². The lowest BCUT2D eigenvalue weighted by atomic mass is 10.2. The molecule has 8 heteroatoms. The summed E-state index contributed by atoms with van der Waals surface area (Å²) in [7, 11) is 0. The van der Waals surface area contributed by atoms with Crippen molar-refractivity contribution in [3.63, 3.8) is 0 Å². The van der Waals surface area contributed by atoms with Crippen LogP contribution in [0.1, 0.15) is 31.3 Å². The van der Waals surface area contributed by atoms with Gasteiger partial charge in [-0.1, -0.05) is 0 Å². The molecule has 1 aromatic rings. The molecule has 0 saturated carbocycles. The topological polar surface area (TPSA) is 84.0 Å². The molecule has 2 rings (SSSR count). The minimum Gasteiger partial charge on any atom is -0.444 e. The van der Waals surface area contributed by atoms with Crippen molar-refractivity contribution in [1.82, 2.24) is 14.8 Å². The third-order valence-electron chi connectivity index (χ3n) is 3.48. The molecule has 0 aliphatic carbocycles. The Morgan fingerprint density at radius 2 is 1.96 bits per heavy atom. The van der Waals surface area contributed by atoms with Gasteiger partial charge in [0.2, 0.25) is 0 Å². The van der Waals surface area contributed by atoms with Gasteiger partial charge in [0.05, 0.1) is 17.7 Å². The summed E-state index contributed by atoms with van der Waals surface area (Å²) in [5.41, 5.74) is 8.41. The van der Waals surface area contributed by atoms with Crippen molar-refractivity contribution < 1.29 is 9.53 Å². The van der Waals surface area contributed by atoms with Crippen LogP contribution in [0.15, 0.2) is 10.5 Å². The lowest BCUT2D eigenvalue weighted by Gasteiger charge is -2.36. The van der Waals surface area contributed by atoms with Crippen molar-refractivity contribution in [3.05, 3.63) is 16.1 Å². The van der Waals surface area contributed by atoms with Crippen LogP contribution in [0.3, 0.4) is 0 Å². The Hall–Kier alpha value is -1.83. The molecular formula is C15H25N5O2S. The maximum Gasteiger partial charge on any atom is 0.410 e. The van der Waals surface area contributed by atoms with E-state index in [0.29, 0.717) is 38.7 Å². The van der Waals surface area contributed by atoms with Gasteiger partial charge in [-0.25, -0.2) is 14.8 Å². The molecule has 1 fully saturated rings. The van der Waals surface area contributed by atoms with Crippen LogP contribution in [0, 0.1) is 6.92 Å². The summed E-state index contributed by atoms with van der Waals surface area (Å²) in [6.45, 7) is 10.6. The molecule has 1 aliphatic heterocycles. The highest BCUT2D eigenvalue weighted by Gasteiger charge is 2.26. The predicted molar refractivity (Wildman–Crippen MR) is 91.6 cm³/mol. The molecule has 0 radical (unpaired) electrons. The highest BCUT2D eigenvalue weighted by Crippen LogP contribution is 2.14. The van der Waals surface area contributed by atoms with E-state index in [1.54, 1.807) is 16.2 Å². The molecule has 2 heterocycles. The lowest BCUT2D eigenvalue weighted by Crippen LogP contribution is -2.53. The minimum atomic E-state index is -0.471. The Kier molecular flexibility index (Phi) is 5.46. The quantitative estimate of drug-likeness (QED) is 0.656. The van der Waals surface area contributed by atoms with Gasteiger partial charge in [-0.15, -0.1) is 11.3 Å². The number of ether oxygens (including phenoxy) is 1. The molecule has 2 N–H and O–H groups in total. The number of aliphatic imine (C=N–C) groups is 1. The smallest absolute Gasteiger partial charge is 0.410 e. The van der Waals surface area contributed by atoms with E-state index in [9.17, 15) is 4.79 Å². The number of nitrogens with two attached hydrogens (primary N) is 1. The highest BCUT2D eigenvalue weighted by molar-refractivity contribution is 7.09. The first-order chi connectivity index (χ1) is 10.8. The predicted octanol–water partition coefficient (Wildman–Crippen LogP) is 1.82. The number of piperazine rings is 1. The third-order valence-corrected chi connectivity index (χ3v) is 4.40. The number of thiazole rings is 1. The average Bonchev–Trinajstić information content (AvgIpc) is 2.88. The van der Waals surface area contributed by atoms with E-state index in [-0.39, 0.29) is 6.09 Å². The molecule has 1 amide bonds. The summed E-state index contributed by atoms with van der Waals surface area (Å²) in [6, 6.07) is 0. The molecule has 128 valence electrons. The second kappa shape index (κ2) is 7.16. The van der Waals surface area contributed by atoms with Crippen LogP contribution in [0.2, 0.25) is 0 Å². The number of aryl methyl sites for hydroxylation is 1. The standard InChI is InChI=1S/C15H25N5O2S/c1-11-12(23-10-18-11)9-17-13(16)19-5-7-20(8-6-19)14(21)22-15(2,3)4/h10H,5-9H2,1-4H3,(H2,16,17). The first-order valence-electron chi connectivity index (χ1n) is 7.68. The van der Waals surface area contributed by atoms with Gasteiger partial charge in [-0.2, -0.15) is 0 Å². The normalized spacial score (nSPS) is 16.6. The molecule has 1 aliphatic rings. The van der Waals surface area contributed by atoms with Crippen LogP contribution in [0.4, 0.5) is 4.79 Å². The number of hydrogen-bond acceptors (Lipinski definition) is 5. The molecule has 1 saturated heterocycles. The summed E-state index contributed by atoms with van der Waals surface area (Å²) in [5.74, 6) is 0.515. The number of amides is 1. The summed E-state index contributed by atoms with van der Waals surface area (Å²) in [6.07, 6.45) is -0.270. The van der Waals surface area contributed by atoms with E-state index in [2.05, 4.69) is 9.98 Å². The van der Waals surface area contributed by atoms with E-state index in [0.717, 1.165) is 10.6 Å². The van der Waals surface area contributed by atoms with Crippen LogP contribution >= 0.6 is 11.3 Å². The molecular weight excluding hydrogens is 314 g/mol. The molecule has 23 heavy (non-hydrogen) atoms. The van der Waals surface area contributed by atoms with Gasteiger partial charge in [0.15, 0.2) is 5.96 Å². The Bertz CT molecular complexity index is 571. The summed E-state index contributed by atoms with van der Waals surface area (Å²) in [5, 5.41) is 0. The van der Waals surface area contributed by atoms with Gasteiger partial charge in [0.1, 0.15) is 5.60 Å². The first-order valence-corrected chi connectivity index (χ1v) is 8.56. The minimum absolute atomic E-state index is 0.270. The third kappa shape index (κ3) is 5.09. The van der Waals surface area contributed by atoms with Gasteiger partial charge in [-0.3, -0.25) is 0 Å². The van der Waals surface area contributed by atoms with Gasteiger partial charge in [0.25, 0.3) is 0 Å². The Balaban J connectivity index is 1.84. The zero-order chi connectivity index (χ0) is 17.0. The first kappa shape index (κ1) is 17.5. The van der Waals surface area contributed by atoms with Gasteiger partial charge in [0, 0.05) is 31.1 Å². The monoisotopic (exact) mass is 339 g/mol. The van der Waals surface area contributed by atoms with Crippen LogP contribution in [-0.4, -0.2) is 58.6 Å². The summed E-state index contributed by atoms with van der Waals surface area (Å²) >= 11 is 1.59. The van der Waals surface area contributed by atoms with Crippen LogP contribution < -0.4 is 5.73 Å². The van der Waals surface area contributed by atoms with Gasteiger partial charge >= 0.3 is 6.09 Å². The fourth-order valence-corrected chi connectivity index (χ4v) is 2.88. The summed E-state index contributed by atoms with van der Waals surface area (Å²) < 4.78 is 5.38. The lowest BCUT2D eigenvalue weighted by molar-refractivity contribution is 0.0186. The molecule has 0 bridgehead atoms. The fraction of sp³-hybridized carbons (Fsp3) is 0.667. The largest absolute Gasteiger partial charge is 0.444 e. The molecule has 0 unspecified atom stereocenters. The molecule has 0 aromatic carbocycles. The number of nitrogens with zero attached hydrogens (tertiary/aromatic N) is 4. The van der Waals surface area contributed by atoms with Crippen LogP contribution in [0.5, 0.6) is 0 Å². The average molecular weight is 339 g/mol. The second-order valence-corrected chi connectivity index (χ2v) is 7.43. The molecule has 0 atom stereocenters. The van der Waals surface area contributed by atoms with E-state index >= 15 is 0 Å². The van der Waals surface area contributed by atoms with Crippen molar-refractivity contribution in [2.75, 3.05) is 26.2 Å². The zero-order valence-corrected chi connectivity index (χ0v) is 15.0. The molecule has 0 spiro atoms. The van der Waals surface area contributed by atoms with Crippen molar-refractivity contribution in [2.45, 2.75) is 39.8 Å².